The molecule has 2 rings (SSSR count). The summed E-state index contributed by atoms with van der Waals surface area (Å²) in [5, 5.41) is 14.3. The molecule has 1 saturated carbocycles. The van der Waals surface area contributed by atoms with E-state index in [9.17, 15) is 0 Å². The molecule has 0 bridgehead atoms. The number of aromatic nitrogens is 3. The molecule has 5 heteroatoms. The van der Waals surface area contributed by atoms with Crippen LogP contribution in [0.15, 0.2) is 6.20 Å². The van der Waals surface area contributed by atoms with Crippen molar-refractivity contribution in [2.45, 2.75) is 45.2 Å². The van der Waals surface area contributed by atoms with Crippen LogP contribution in [-0.4, -0.2) is 26.8 Å². The van der Waals surface area contributed by atoms with Crippen molar-refractivity contribution in [1.29, 1.82) is 0 Å². The van der Waals surface area contributed by atoms with Gasteiger partial charge in [0.2, 0.25) is 5.95 Å². The fraction of sp³-hybridized carbons (Fsp3) is 0.700. The molecule has 2 N–H and O–H groups in total. The first-order chi connectivity index (χ1) is 7.03. The molecule has 0 aromatic carbocycles. The second kappa shape index (κ2) is 3.64. The third-order valence-corrected chi connectivity index (χ3v) is 1.97. The molecule has 0 atom stereocenters. The Morgan fingerprint density at radius 1 is 1.33 bits per heavy atom. The zero-order valence-electron chi connectivity index (χ0n) is 9.41. The van der Waals surface area contributed by atoms with Crippen LogP contribution in [0.1, 0.15) is 33.6 Å². The SMILES string of the molecule is CC(C)(C)Nc1nncc(NC2CC2)n1. The monoisotopic (exact) mass is 207 g/mol. The van der Waals surface area contributed by atoms with Crippen molar-refractivity contribution in [3.05, 3.63) is 6.20 Å². The van der Waals surface area contributed by atoms with Crippen molar-refractivity contribution < 1.29 is 0 Å². The van der Waals surface area contributed by atoms with E-state index < -0.39 is 0 Å². The average Bonchev–Trinajstić information content (AvgIpc) is 2.85. The molecule has 1 aliphatic rings. The van der Waals surface area contributed by atoms with Crippen LogP contribution >= 0.6 is 0 Å². The molecule has 1 aromatic heterocycles. The standard InChI is InChI=1S/C10H17N5/c1-10(2,3)14-9-13-8(6-11-15-9)12-7-4-5-7/h6-7H,4-5H2,1-3H3,(H2,12,13,14,15). The van der Waals surface area contributed by atoms with Crippen molar-refractivity contribution >= 4 is 11.8 Å². The Morgan fingerprint density at radius 2 is 2.07 bits per heavy atom. The van der Waals surface area contributed by atoms with Crippen LogP contribution in [0.2, 0.25) is 0 Å². The lowest BCUT2D eigenvalue weighted by Crippen LogP contribution is -2.27. The molecule has 1 aliphatic carbocycles. The van der Waals surface area contributed by atoms with E-state index >= 15 is 0 Å². The largest absolute Gasteiger partial charge is 0.366 e. The Kier molecular flexibility index (Phi) is 2.46. The lowest BCUT2D eigenvalue weighted by molar-refractivity contribution is 0.623. The molecule has 0 saturated heterocycles. The highest BCUT2D eigenvalue weighted by atomic mass is 15.3. The summed E-state index contributed by atoms with van der Waals surface area (Å²) in [7, 11) is 0. The van der Waals surface area contributed by atoms with Gasteiger partial charge in [0.25, 0.3) is 0 Å². The van der Waals surface area contributed by atoms with Crippen molar-refractivity contribution in [1.82, 2.24) is 15.2 Å². The number of nitrogens with zero attached hydrogens (tertiary/aromatic N) is 3. The predicted molar refractivity (Wildman–Crippen MR) is 59.8 cm³/mol. The molecule has 1 aromatic rings. The Hall–Kier alpha value is -1.39. The molecular weight excluding hydrogens is 190 g/mol. The second-order valence-corrected chi connectivity index (χ2v) is 4.96. The highest BCUT2D eigenvalue weighted by Gasteiger charge is 2.21. The number of rotatable bonds is 3. The highest BCUT2D eigenvalue weighted by molar-refractivity contribution is 5.39. The minimum absolute atomic E-state index is 0.0418. The average molecular weight is 207 g/mol. The number of nitrogens with one attached hydrogen (secondary N) is 2. The molecule has 1 fully saturated rings. The van der Waals surface area contributed by atoms with Crippen LogP contribution in [0.5, 0.6) is 0 Å². The van der Waals surface area contributed by atoms with Gasteiger partial charge in [-0.05, 0) is 33.6 Å². The van der Waals surface area contributed by atoms with Gasteiger partial charge in [-0.3, -0.25) is 0 Å². The summed E-state index contributed by atoms with van der Waals surface area (Å²) >= 11 is 0. The van der Waals surface area contributed by atoms with Gasteiger partial charge in [-0.15, -0.1) is 5.10 Å². The van der Waals surface area contributed by atoms with Crippen molar-refractivity contribution in [3.63, 3.8) is 0 Å². The van der Waals surface area contributed by atoms with Gasteiger partial charge >= 0.3 is 0 Å². The zero-order chi connectivity index (χ0) is 10.9. The van der Waals surface area contributed by atoms with Crippen LogP contribution in [0.25, 0.3) is 0 Å². The Balaban J connectivity index is 2.04. The summed E-state index contributed by atoms with van der Waals surface area (Å²) in [6, 6.07) is 0.587. The predicted octanol–water partition coefficient (Wildman–Crippen LogP) is 1.66. The Labute approximate surface area is 89.7 Å². The third-order valence-electron chi connectivity index (χ3n) is 1.97. The van der Waals surface area contributed by atoms with Gasteiger partial charge in [0.15, 0.2) is 5.82 Å². The Bertz CT molecular complexity index is 340. The second-order valence-electron chi connectivity index (χ2n) is 4.96. The van der Waals surface area contributed by atoms with Crippen LogP contribution < -0.4 is 10.6 Å². The van der Waals surface area contributed by atoms with E-state index in [4.69, 9.17) is 0 Å². The van der Waals surface area contributed by atoms with Crippen LogP contribution in [0.3, 0.4) is 0 Å². The van der Waals surface area contributed by atoms with Crippen molar-refractivity contribution in [2.24, 2.45) is 0 Å². The molecule has 0 radical (unpaired) electrons. The van der Waals surface area contributed by atoms with Gasteiger partial charge in [-0.25, -0.2) is 0 Å². The van der Waals surface area contributed by atoms with Crippen molar-refractivity contribution in [2.75, 3.05) is 10.6 Å². The van der Waals surface area contributed by atoms with Crippen LogP contribution in [-0.2, 0) is 0 Å². The minimum Gasteiger partial charge on any atom is -0.366 e. The summed E-state index contributed by atoms with van der Waals surface area (Å²) < 4.78 is 0. The summed E-state index contributed by atoms with van der Waals surface area (Å²) in [5.41, 5.74) is -0.0418. The smallest absolute Gasteiger partial charge is 0.245 e. The fourth-order valence-corrected chi connectivity index (χ4v) is 1.20. The molecule has 0 unspecified atom stereocenters. The molecule has 82 valence electrons. The fourth-order valence-electron chi connectivity index (χ4n) is 1.20. The van der Waals surface area contributed by atoms with Crippen LogP contribution in [0.4, 0.5) is 11.8 Å². The summed E-state index contributed by atoms with van der Waals surface area (Å²) in [5.74, 6) is 1.38. The van der Waals surface area contributed by atoms with Gasteiger partial charge in [-0.2, -0.15) is 10.1 Å². The molecule has 1 heterocycles. The Morgan fingerprint density at radius 3 is 2.67 bits per heavy atom. The topological polar surface area (TPSA) is 62.7 Å². The summed E-state index contributed by atoms with van der Waals surface area (Å²) in [4.78, 5) is 4.34. The lowest BCUT2D eigenvalue weighted by Gasteiger charge is -2.20. The van der Waals surface area contributed by atoms with Crippen molar-refractivity contribution in [3.8, 4) is 0 Å². The molecule has 5 nitrogen and oxygen atoms in total. The van der Waals surface area contributed by atoms with Gasteiger partial charge in [0.05, 0.1) is 6.20 Å². The van der Waals surface area contributed by atoms with E-state index in [0.29, 0.717) is 12.0 Å². The maximum atomic E-state index is 4.34. The van der Waals surface area contributed by atoms with Gasteiger partial charge in [0.1, 0.15) is 0 Å². The zero-order valence-corrected chi connectivity index (χ0v) is 9.41. The van der Waals surface area contributed by atoms with Crippen LogP contribution in [0, 0.1) is 0 Å². The number of hydrogen-bond donors (Lipinski definition) is 2. The molecule has 0 spiro atoms. The van der Waals surface area contributed by atoms with E-state index in [1.165, 1.54) is 12.8 Å². The highest BCUT2D eigenvalue weighted by Crippen LogP contribution is 2.23. The normalized spacial score (nSPS) is 16.2. The van der Waals surface area contributed by atoms with E-state index in [2.05, 4.69) is 46.6 Å². The quantitative estimate of drug-likeness (QED) is 0.789. The van der Waals surface area contributed by atoms with E-state index in [1.807, 2.05) is 0 Å². The first kappa shape index (κ1) is 10.1. The summed E-state index contributed by atoms with van der Waals surface area (Å²) in [6.07, 6.45) is 4.12. The van der Waals surface area contributed by atoms with Gasteiger partial charge in [-0.1, -0.05) is 0 Å². The van der Waals surface area contributed by atoms with E-state index in [0.717, 1.165) is 5.82 Å². The third kappa shape index (κ3) is 3.34. The maximum Gasteiger partial charge on any atom is 0.245 e. The van der Waals surface area contributed by atoms with Gasteiger partial charge in [0, 0.05) is 11.6 Å². The number of anilines is 2. The van der Waals surface area contributed by atoms with E-state index in [1.54, 1.807) is 6.20 Å². The van der Waals surface area contributed by atoms with E-state index in [-0.39, 0.29) is 5.54 Å². The van der Waals surface area contributed by atoms with Gasteiger partial charge < -0.3 is 10.6 Å². The maximum absolute atomic E-state index is 4.34. The minimum atomic E-state index is -0.0418. The molecule has 15 heavy (non-hydrogen) atoms. The molecular formula is C10H17N5. The number of hydrogen-bond acceptors (Lipinski definition) is 5. The molecule has 0 aliphatic heterocycles. The first-order valence-electron chi connectivity index (χ1n) is 5.27. The summed E-state index contributed by atoms with van der Waals surface area (Å²) in [6.45, 7) is 6.20. The molecule has 0 amide bonds. The first-order valence-corrected chi connectivity index (χ1v) is 5.27. The lowest BCUT2D eigenvalue weighted by atomic mass is 10.1.